The summed E-state index contributed by atoms with van der Waals surface area (Å²) in [4.78, 5) is 63.8. The van der Waals surface area contributed by atoms with E-state index >= 15 is 0 Å². The lowest BCUT2D eigenvalue weighted by molar-refractivity contribution is -0.169. The Labute approximate surface area is 331 Å². The number of rotatable bonds is 14. The number of aromatic amines is 1. The first-order valence-electron chi connectivity index (χ1n) is 18.2. The minimum Gasteiger partial charge on any atom is -0.497 e. The number of hydrogen-bond donors (Lipinski definition) is 4. The summed E-state index contributed by atoms with van der Waals surface area (Å²) in [6.45, 7) is 8.91. The Balaban J connectivity index is 1.21. The summed E-state index contributed by atoms with van der Waals surface area (Å²) in [5.74, 6) is -4.83. The summed E-state index contributed by atoms with van der Waals surface area (Å²) in [5.41, 5.74) is -0.927. The van der Waals surface area contributed by atoms with Gasteiger partial charge in [-0.2, -0.15) is 23.5 Å². The maximum absolute atomic E-state index is 14.7. The van der Waals surface area contributed by atoms with Crippen molar-refractivity contribution in [3.63, 3.8) is 0 Å². The molecular formula is C35H42N12O8S2. The van der Waals surface area contributed by atoms with Crippen LogP contribution in [0.4, 0.5) is 5.95 Å². The number of H-pyrrole nitrogens is 1. The Morgan fingerprint density at radius 1 is 1.12 bits per heavy atom. The molecule has 0 bridgehead atoms. The number of hydrogen-bond acceptors (Lipinski definition) is 15. The molecule has 20 nitrogen and oxygen atoms in total. The lowest BCUT2D eigenvalue weighted by atomic mass is 9.79. The second kappa shape index (κ2) is 15.3. The predicted molar refractivity (Wildman–Crippen MR) is 203 cm³/mol. The molecule has 3 aliphatic rings. The number of carbonyl (C=O) groups is 4. The molecule has 3 fully saturated rings. The first kappa shape index (κ1) is 39.5. The van der Waals surface area contributed by atoms with Crippen LogP contribution in [0.2, 0.25) is 0 Å². The van der Waals surface area contributed by atoms with E-state index in [4.69, 9.17) is 19.7 Å². The molecule has 0 spiro atoms. The third-order valence-corrected chi connectivity index (χ3v) is 12.0. The van der Waals surface area contributed by atoms with E-state index in [2.05, 4.69) is 37.5 Å². The first-order valence-corrected chi connectivity index (χ1v) is 20.5. The van der Waals surface area contributed by atoms with Crippen LogP contribution < -0.4 is 19.5 Å². The van der Waals surface area contributed by atoms with Crippen LogP contribution in [-0.2, 0) is 34.1 Å². The van der Waals surface area contributed by atoms with Crippen LogP contribution in [-0.4, -0.2) is 109 Å². The van der Waals surface area contributed by atoms with Gasteiger partial charge in [0, 0.05) is 36.0 Å². The van der Waals surface area contributed by atoms with Gasteiger partial charge in [-0.3, -0.25) is 19.2 Å². The number of nitrogens with zero attached hydrogens (tertiary/aromatic N) is 8. The van der Waals surface area contributed by atoms with Gasteiger partial charge in [0.2, 0.25) is 11.8 Å². The molecule has 1 saturated heterocycles. The number of anilines is 1. The highest BCUT2D eigenvalue weighted by atomic mass is 32.2. The van der Waals surface area contributed by atoms with Crippen LogP contribution in [0.15, 0.2) is 48.5 Å². The molecule has 2 unspecified atom stereocenters. The number of thiazole rings is 1. The molecule has 3 aromatic heterocycles. The maximum Gasteiger partial charge on any atom is 0.326 e. The third kappa shape index (κ3) is 8.08. The van der Waals surface area contributed by atoms with Gasteiger partial charge < -0.3 is 19.7 Å². The Kier molecular flexibility index (Phi) is 10.6. The number of nitrogens with one attached hydrogen (secondary N) is 4. The molecular weight excluding hydrogens is 781 g/mol. The number of ether oxygens (including phenoxy) is 2. The second-order valence-electron chi connectivity index (χ2n) is 15.2. The molecule has 302 valence electrons. The van der Waals surface area contributed by atoms with Gasteiger partial charge in [-0.05, 0) is 60.6 Å². The molecule has 4 heterocycles. The van der Waals surface area contributed by atoms with E-state index < -0.39 is 74.7 Å². The number of amides is 3. The molecule has 3 amide bonds. The summed E-state index contributed by atoms with van der Waals surface area (Å²) >= 11 is 1.37. The molecule has 57 heavy (non-hydrogen) atoms. The van der Waals surface area contributed by atoms with E-state index in [1.807, 2.05) is 27.0 Å². The van der Waals surface area contributed by atoms with Crippen LogP contribution in [0.5, 0.6) is 5.75 Å². The summed E-state index contributed by atoms with van der Waals surface area (Å²) in [6.07, 6.45) is 5.11. The normalized spacial score (nSPS) is 22.5. The van der Waals surface area contributed by atoms with Crippen LogP contribution >= 0.6 is 11.3 Å². The number of aromatic nitrogens is 8. The smallest absolute Gasteiger partial charge is 0.326 e. The third-order valence-electron chi connectivity index (χ3n) is 10.4. The number of methoxy groups -OCH3 is 1. The zero-order valence-electron chi connectivity index (χ0n) is 31.5. The lowest BCUT2D eigenvalue weighted by Gasteiger charge is -2.35. The molecule has 1 aliphatic heterocycles. The largest absolute Gasteiger partial charge is 0.497 e. The Bertz CT molecular complexity index is 2250. The summed E-state index contributed by atoms with van der Waals surface area (Å²) in [5, 5.41) is 27.3. The van der Waals surface area contributed by atoms with Gasteiger partial charge in [-0.15, -0.1) is 28.1 Å². The molecule has 22 heteroatoms. The molecule has 7 rings (SSSR count). The van der Waals surface area contributed by atoms with Crippen molar-refractivity contribution >= 4 is 51.2 Å². The van der Waals surface area contributed by atoms with Crippen LogP contribution in [0.1, 0.15) is 58.9 Å². The average Bonchev–Trinajstić information content (AvgIpc) is 3.78. The quantitative estimate of drug-likeness (QED) is 0.0807. The summed E-state index contributed by atoms with van der Waals surface area (Å²) in [6, 6.07) is 5.32. The lowest BCUT2D eigenvalue weighted by Crippen LogP contribution is -2.58. The highest BCUT2D eigenvalue weighted by molar-refractivity contribution is 7.91. The van der Waals surface area contributed by atoms with Gasteiger partial charge in [-0.1, -0.05) is 31.9 Å². The molecule has 5 atom stereocenters. The number of likely N-dealkylation sites (tertiary alicyclic amines) is 1. The fourth-order valence-corrected chi connectivity index (χ4v) is 8.42. The van der Waals surface area contributed by atoms with Crippen LogP contribution in [0.3, 0.4) is 0 Å². The van der Waals surface area contributed by atoms with Crippen molar-refractivity contribution in [2.45, 2.75) is 76.6 Å². The van der Waals surface area contributed by atoms with Crippen molar-refractivity contribution in [3.05, 3.63) is 48.5 Å². The van der Waals surface area contributed by atoms with E-state index in [1.165, 1.54) is 27.1 Å². The highest BCUT2D eigenvalue weighted by Gasteiger charge is 2.62. The van der Waals surface area contributed by atoms with E-state index in [9.17, 15) is 27.6 Å². The minimum absolute atomic E-state index is 0.0196. The van der Waals surface area contributed by atoms with Crippen molar-refractivity contribution in [2.75, 3.05) is 18.4 Å². The zero-order valence-corrected chi connectivity index (χ0v) is 33.2. The molecule has 4 N–H and O–H groups in total. The van der Waals surface area contributed by atoms with Crippen molar-refractivity contribution in [3.8, 4) is 27.7 Å². The van der Waals surface area contributed by atoms with Crippen molar-refractivity contribution in [1.29, 1.82) is 0 Å². The standard InChI is InChI=1S/C35H42N12O8S2/c1-6-20-17-35(20,32(51)42-57(52,53)43-33-38-44-45-39-33)37-28(48)24-16-21(18-46(24)30(49)25(34(2,3)4)31(50)55-23-8-7-9-23)47-40-26(19-10-12-22(54-5)13-11-19)27(41-47)29-36-14-15-56-29/h6,10-15,20-21,23-25H,1,7-9,16-18H2,2-5H3,(H,37,48)(H,42,51)(H2,38,39,43,44,45)/t20?,21-,24+,25+,35?/m1/s1. The fourth-order valence-electron chi connectivity index (χ4n) is 7.00. The minimum atomic E-state index is -4.56. The van der Waals surface area contributed by atoms with Crippen LogP contribution in [0, 0.1) is 17.3 Å². The summed E-state index contributed by atoms with van der Waals surface area (Å²) in [7, 11) is -3.00. The van der Waals surface area contributed by atoms with Gasteiger partial charge in [-0.25, -0.2) is 14.4 Å². The molecule has 0 radical (unpaired) electrons. The zero-order chi connectivity index (χ0) is 40.7. The van der Waals surface area contributed by atoms with Gasteiger partial charge in [0.1, 0.15) is 45.7 Å². The SMILES string of the molecule is C=CC1CC1(NC(=O)[C@@H]1C[C@@H](n2nc(-c3ccc(OC)cc3)c(-c3nccs3)n2)CN1C(=O)[C@@H](C(=O)OC1CCC1)C(C)(C)C)C(=O)NS(=O)(=O)Nc1nn[nH]n1. The fraction of sp³-hybridized carbons (Fsp3) is 0.486. The first-order chi connectivity index (χ1) is 27.1. The monoisotopic (exact) mass is 822 g/mol. The van der Waals surface area contributed by atoms with Gasteiger partial charge in [0.15, 0.2) is 0 Å². The Hall–Kier alpha value is -5.77. The molecule has 2 saturated carbocycles. The number of carbonyl (C=O) groups excluding carboxylic acids is 4. The van der Waals surface area contributed by atoms with Gasteiger partial charge in [0.25, 0.3) is 11.9 Å². The van der Waals surface area contributed by atoms with Crippen LogP contribution in [0.25, 0.3) is 22.0 Å². The molecule has 4 aromatic rings. The maximum atomic E-state index is 14.7. The van der Waals surface area contributed by atoms with Crippen molar-refractivity contribution in [1.82, 2.24) is 55.5 Å². The molecule has 2 aliphatic carbocycles. The van der Waals surface area contributed by atoms with Crippen molar-refractivity contribution in [2.24, 2.45) is 17.3 Å². The average molecular weight is 823 g/mol. The number of benzene rings is 1. The highest BCUT2D eigenvalue weighted by Crippen LogP contribution is 2.46. The Morgan fingerprint density at radius 3 is 2.44 bits per heavy atom. The van der Waals surface area contributed by atoms with E-state index in [1.54, 1.807) is 46.2 Å². The second-order valence-corrected chi connectivity index (χ2v) is 17.6. The van der Waals surface area contributed by atoms with E-state index in [-0.39, 0.29) is 25.5 Å². The van der Waals surface area contributed by atoms with E-state index in [0.717, 1.165) is 12.0 Å². The topological polar surface area (TPSA) is 258 Å². The predicted octanol–water partition coefficient (Wildman–Crippen LogP) is 2.02. The van der Waals surface area contributed by atoms with E-state index in [0.29, 0.717) is 35.0 Å². The molecule has 1 aromatic carbocycles. The number of tetrazole rings is 1. The summed E-state index contributed by atoms with van der Waals surface area (Å²) < 4.78 is 40.6. The Morgan fingerprint density at radius 2 is 1.86 bits per heavy atom. The number of esters is 1. The van der Waals surface area contributed by atoms with Gasteiger partial charge in [0.05, 0.1) is 13.2 Å². The van der Waals surface area contributed by atoms with Gasteiger partial charge >= 0.3 is 16.2 Å². The van der Waals surface area contributed by atoms with Crippen molar-refractivity contribution < 1.29 is 37.1 Å².